The van der Waals surface area contributed by atoms with Crippen molar-refractivity contribution in [3.63, 3.8) is 0 Å². The largest absolute Gasteiger partial charge is 0.399 e. The van der Waals surface area contributed by atoms with Crippen LogP contribution < -0.4 is 5.73 Å². The fourth-order valence-corrected chi connectivity index (χ4v) is 3.61. The summed E-state index contributed by atoms with van der Waals surface area (Å²) >= 11 is 11.8. The lowest BCUT2D eigenvalue weighted by Gasteiger charge is -2.18. The molecule has 0 bridgehead atoms. The van der Waals surface area contributed by atoms with Crippen LogP contribution in [0.4, 0.5) is 5.69 Å². The number of hydrogen-bond donors (Lipinski definition) is 1. The molecule has 4 nitrogen and oxygen atoms in total. The van der Waals surface area contributed by atoms with Crippen LogP contribution in [0.15, 0.2) is 47.4 Å². The van der Waals surface area contributed by atoms with Gasteiger partial charge in [-0.05, 0) is 35.9 Å². The van der Waals surface area contributed by atoms with Gasteiger partial charge in [0, 0.05) is 24.3 Å². The highest BCUT2D eigenvalue weighted by Gasteiger charge is 2.24. The van der Waals surface area contributed by atoms with Gasteiger partial charge in [-0.25, -0.2) is 8.42 Å². The quantitative estimate of drug-likeness (QED) is 0.864. The molecule has 2 aromatic rings. The van der Waals surface area contributed by atoms with Crippen molar-refractivity contribution in [2.75, 3.05) is 12.8 Å². The molecule has 0 aliphatic heterocycles. The van der Waals surface area contributed by atoms with Crippen LogP contribution in [-0.2, 0) is 16.6 Å². The van der Waals surface area contributed by atoms with Crippen molar-refractivity contribution in [2.24, 2.45) is 0 Å². The van der Waals surface area contributed by atoms with Crippen molar-refractivity contribution in [1.29, 1.82) is 0 Å². The van der Waals surface area contributed by atoms with E-state index in [0.717, 1.165) is 5.56 Å². The van der Waals surface area contributed by atoms with Gasteiger partial charge < -0.3 is 5.73 Å². The average molecular weight is 345 g/mol. The smallest absolute Gasteiger partial charge is 0.244 e. The van der Waals surface area contributed by atoms with Gasteiger partial charge in [0.15, 0.2) is 0 Å². The number of sulfonamides is 1. The Bertz CT molecular complexity index is 746. The second-order valence-electron chi connectivity index (χ2n) is 4.58. The summed E-state index contributed by atoms with van der Waals surface area (Å²) in [6.07, 6.45) is 0. The molecule has 0 saturated heterocycles. The van der Waals surface area contributed by atoms with E-state index in [2.05, 4.69) is 0 Å². The zero-order valence-corrected chi connectivity index (χ0v) is 13.6. The highest BCUT2D eigenvalue weighted by molar-refractivity contribution is 7.89. The van der Waals surface area contributed by atoms with Gasteiger partial charge in [-0.15, -0.1) is 0 Å². The van der Waals surface area contributed by atoms with Crippen molar-refractivity contribution in [3.05, 3.63) is 58.1 Å². The minimum absolute atomic E-state index is 0.000584. The maximum atomic E-state index is 12.5. The number of nitrogen functional groups attached to an aromatic ring is 1. The first-order valence-corrected chi connectivity index (χ1v) is 8.26. The number of benzene rings is 2. The average Bonchev–Trinajstić information content (AvgIpc) is 2.43. The molecule has 0 unspecified atom stereocenters. The summed E-state index contributed by atoms with van der Waals surface area (Å²) in [5.74, 6) is 0. The number of halogens is 2. The standard InChI is InChI=1S/C14H14Cl2N2O2S/c1-18(9-10-2-4-11(15)5-3-10)21(19,20)14-8-12(17)6-7-13(14)16/h2-8H,9,17H2,1H3. The fourth-order valence-electron chi connectivity index (χ4n) is 1.82. The number of nitrogens with two attached hydrogens (primary N) is 1. The highest BCUT2D eigenvalue weighted by Crippen LogP contribution is 2.27. The lowest BCUT2D eigenvalue weighted by atomic mass is 10.2. The number of nitrogens with zero attached hydrogens (tertiary/aromatic N) is 1. The van der Waals surface area contributed by atoms with Gasteiger partial charge >= 0.3 is 0 Å². The molecule has 0 atom stereocenters. The molecule has 0 aromatic heterocycles. The number of hydrogen-bond acceptors (Lipinski definition) is 3. The van der Waals surface area contributed by atoms with E-state index in [1.807, 2.05) is 0 Å². The van der Waals surface area contributed by atoms with Crippen LogP contribution in [-0.4, -0.2) is 19.8 Å². The Balaban J connectivity index is 2.30. The summed E-state index contributed by atoms with van der Waals surface area (Å²) < 4.78 is 26.3. The first-order chi connectivity index (χ1) is 9.80. The van der Waals surface area contributed by atoms with E-state index in [9.17, 15) is 8.42 Å². The SMILES string of the molecule is CN(Cc1ccc(Cl)cc1)S(=O)(=O)c1cc(N)ccc1Cl. The zero-order chi connectivity index (χ0) is 15.6. The predicted molar refractivity (Wildman–Crippen MR) is 86.0 cm³/mol. The Hall–Kier alpha value is -1.27. The van der Waals surface area contributed by atoms with Crippen LogP contribution in [0.2, 0.25) is 10.0 Å². The number of rotatable bonds is 4. The van der Waals surface area contributed by atoms with Crippen molar-refractivity contribution in [3.8, 4) is 0 Å². The lowest BCUT2D eigenvalue weighted by molar-refractivity contribution is 0.467. The summed E-state index contributed by atoms with van der Waals surface area (Å²) in [6, 6.07) is 11.4. The molecule has 0 amide bonds. The summed E-state index contributed by atoms with van der Waals surface area (Å²) in [4.78, 5) is 0.000584. The van der Waals surface area contributed by atoms with E-state index in [-0.39, 0.29) is 16.5 Å². The topological polar surface area (TPSA) is 63.4 Å². The predicted octanol–water partition coefficient (Wildman–Crippen LogP) is 3.40. The van der Waals surface area contributed by atoms with Crippen molar-refractivity contribution >= 4 is 38.9 Å². The molecule has 2 rings (SSSR count). The van der Waals surface area contributed by atoms with E-state index in [1.54, 1.807) is 30.3 Å². The minimum Gasteiger partial charge on any atom is -0.399 e. The Kier molecular flexibility index (Phi) is 4.78. The van der Waals surface area contributed by atoms with Crippen molar-refractivity contribution in [2.45, 2.75) is 11.4 Å². The molecular formula is C14H14Cl2N2O2S. The third-order valence-electron chi connectivity index (χ3n) is 2.96. The highest BCUT2D eigenvalue weighted by atomic mass is 35.5. The molecule has 2 N–H and O–H groups in total. The first kappa shape index (κ1) is 16.1. The van der Waals surface area contributed by atoms with Crippen LogP contribution >= 0.6 is 23.2 Å². The zero-order valence-electron chi connectivity index (χ0n) is 11.3. The van der Waals surface area contributed by atoms with Crippen LogP contribution in [0.25, 0.3) is 0 Å². The van der Waals surface area contributed by atoms with Gasteiger partial charge in [0.2, 0.25) is 10.0 Å². The molecule has 0 fully saturated rings. The van der Waals surface area contributed by atoms with Crippen LogP contribution in [0.3, 0.4) is 0 Å². The Morgan fingerprint density at radius 2 is 1.71 bits per heavy atom. The second kappa shape index (κ2) is 6.23. The van der Waals surface area contributed by atoms with Crippen LogP contribution in [0, 0.1) is 0 Å². The maximum Gasteiger partial charge on any atom is 0.244 e. The molecule has 0 radical (unpaired) electrons. The number of anilines is 1. The van der Waals surface area contributed by atoms with Crippen LogP contribution in [0.5, 0.6) is 0 Å². The van der Waals surface area contributed by atoms with Gasteiger partial charge in [-0.3, -0.25) is 0 Å². The van der Waals surface area contributed by atoms with E-state index in [0.29, 0.717) is 10.7 Å². The van der Waals surface area contributed by atoms with E-state index >= 15 is 0 Å². The van der Waals surface area contributed by atoms with E-state index < -0.39 is 10.0 Å². The summed E-state index contributed by atoms with van der Waals surface area (Å²) in [7, 11) is -2.22. The van der Waals surface area contributed by atoms with Gasteiger partial charge in [-0.1, -0.05) is 35.3 Å². The molecule has 7 heteroatoms. The minimum atomic E-state index is -3.71. The summed E-state index contributed by atoms with van der Waals surface area (Å²) in [5, 5.41) is 0.746. The Morgan fingerprint density at radius 1 is 1.10 bits per heavy atom. The Labute approximate surface area is 134 Å². The second-order valence-corrected chi connectivity index (χ2v) is 7.43. The fraction of sp³-hybridized carbons (Fsp3) is 0.143. The molecule has 0 spiro atoms. The molecule has 0 saturated carbocycles. The molecular weight excluding hydrogens is 331 g/mol. The van der Waals surface area contributed by atoms with Gasteiger partial charge in [0.25, 0.3) is 0 Å². The summed E-state index contributed by atoms with van der Waals surface area (Å²) in [6.45, 7) is 0.213. The molecule has 2 aromatic carbocycles. The first-order valence-electron chi connectivity index (χ1n) is 6.06. The molecule has 0 heterocycles. The Morgan fingerprint density at radius 3 is 2.33 bits per heavy atom. The third kappa shape index (κ3) is 3.68. The summed E-state index contributed by atoms with van der Waals surface area (Å²) in [5.41, 5.74) is 6.81. The molecule has 112 valence electrons. The molecule has 0 aliphatic carbocycles. The van der Waals surface area contributed by atoms with Gasteiger partial charge in [0.1, 0.15) is 4.90 Å². The van der Waals surface area contributed by atoms with Crippen LogP contribution in [0.1, 0.15) is 5.56 Å². The maximum absolute atomic E-state index is 12.5. The molecule has 0 aliphatic rings. The lowest BCUT2D eigenvalue weighted by Crippen LogP contribution is -2.26. The van der Waals surface area contributed by atoms with E-state index in [4.69, 9.17) is 28.9 Å². The van der Waals surface area contributed by atoms with E-state index in [1.165, 1.54) is 23.5 Å². The third-order valence-corrected chi connectivity index (χ3v) is 5.50. The molecule has 21 heavy (non-hydrogen) atoms. The van der Waals surface area contributed by atoms with Gasteiger partial charge in [-0.2, -0.15) is 4.31 Å². The normalized spacial score (nSPS) is 11.8. The monoisotopic (exact) mass is 344 g/mol. The van der Waals surface area contributed by atoms with Gasteiger partial charge in [0.05, 0.1) is 5.02 Å². The van der Waals surface area contributed by atoms with Crippen molar-refractivity contribution < 1.29 is 8.42 Å². The van der Waals surface area contributed by atoms with Crippen molar-refractivity contribution in [1.82, 2.24) is 4.31 Å².